The molecular formula is C18H14BrNOS. The largest absolute Gasteiger partial charge is 0.340 e. The molecule has 110 valence electrons. The molecule has 4 heteroatoms. The van der Waals surface area contributed by atoms with Gasteiger partial charge in [-0.1, -0.05) is 64.5 Å². The lowest BCUT2D eigenvalue weighted by Gasteiger charge is -2.19. The lowest BCUT2D eigenvalue weighted by atomic mass is 9.98. The Morgan fingerprint density at radius 3 is 2.23 bits per heavy atom. The van der Waals surface area contributed by atoms with Gasteiger partial charge in [0.15, 0.2) is 0 Å². The first-order valence-corrected chi connectivity index (χ1v) is 8.56. The molecule has 22 heavy (non-hydrogen) atoms. The molecule has 0 aliphatic carbocycles. The van der Waals surface area contributed by atoms with E-state index in [9.17, 15) is 4.79 Å². The molecule has 1 N–H and O–H groups in total. The molecule has 1 aromatic heterocycles. The number of rotatable bonds is 4. The summed E-state index contributed by atoms with van der Waals surface area (Å²) in [6.07, 6.45) is 0. The van der Waals surface area contributed by atoms with E-state index >= 15 is 0 Å². The Kier molecular flexibility index (Phi) is 4.71. The highest BCUT2D eigenvalue weighted by Crippen LogP contribution is 2.24. The summed E-state index contributed by atoms with van der Waals surface area (Å²) >= 11 is 4.89. The molecule has 0 fully saturated rings. The van der Waals surface area contributed by atoms with Gasteiger partial charge in [-0.15, -0.1) is 11.3 Å². The number of amides is 1. The number of thiophene rings is 1. The molecule has 0 unspecified atom stereocenters. The molecule has 0 saturated carbocycles. The smallest absolute Gasteiger partial charge is 0.262 e. The highest BCUT2D eigenvalue weighted by atomic mass is 79.9. The van der Waals surface area contributed by atoms with Gasteiger partial charge in [0.05, 0.1) is 10.9 Å². The number of nitrogens with one attached hydrogen (secondary N) is 1. The molecule has 0 saturated heterocycles. The summed E-state index contributed by atoms with van der Waals surface area (Å²) in [6, 6.07) is 21.6. The Labute approximate surface area is 141 Å². The van der Waals surface area contributed by atoms with Crippen LogP contribution in [0.3, 0.4) is 0 Å². The van der Waals surface area contributed by atoms with E-state index < -0.39 is 0 Å². The van der Waals surface area contributed by atoms with Crippen LogP contribution in [-0.4, -0.2) is 5.91 Å². The maximum absolute atomic E-state index is 12.4. The molecule has 0 aliphatic heterocycles. The molecule has 1 atom stereocenters. The van der Waals surface area contributed by atoms with Crippen molar-refractivity contribution in [3.63, 3.8) is 0 Å². The Morgan fingerprint density at radius 1 is 0.909 bits per heavy atom. The first-order valence-electron chi connectivity index (χ1n) is 6.89. The molecule has 0 bridgehead atoms. The minimum atomic E-state index is -0.163. The van der Waals surface area contributed by atoms with Crippen molar-refractivity contribution in [2.24, 2.45) is 0 Å². The molecule has 2 aromatic carbocycles. The number of benzene rings is 2. The lowest BCUT2D eigenvalue weighted by molar-refractivity contribution is 0.0947. The van der Waals surface area contributed by atoms with Crippen molar-refractivity contribution in [1.82, 2.24) is 5.32 Å². The quantitative estimate of drug-likeness (QED) is 0.684. The predicted molar refractivity (Wildman–Crippen MR) is 94.2 cm³/mol. The first-order chi connectivity index (χ1) is 10.7. The lowest BCUT2D eigenvalue weighted by Crippen LogP contribution is -2.28. The zero-order chi connectivity index (χ0) is 15.4. The number of carbonyl (C=O) groups is 1. The average Bonchev–Trinajstić information content (AvgIpc) is 3.09. The van der Waals surface area contributed by atoms with E-state index in [0.29, 0.717) is 0 Å². The third-order valence-corrected chi connectivity index (χ3v) is 4.75. The first kappa shape index (κ1) is 15.0. The van der Waals surface area contributed by atoms with E-state index in [2.05, 4.69) is 21.2 Å². The van der Waals surface area contributed by atoms with Gasteiger partial charge >= 0.3 is 0 Å². The highest BCUT2D eigenvalue weighted by Gasteiger charge is 2.18. The van der Waals surface area contributed by atoms with Crippen LogP contribution < -0.4 is 5.32 Å². The molecular weight excluding hydrogens is 358 g/mol. The normalized spacial score (nSPS) is 11.9. The van der Waals surface area contributed by atoms with Crippen molar-refractivity contribution < 1.29 is 4.79 Å². The predicted octanol–water partition coefficient (Wildman–Crippen LogP) is 5.03. The number of halogens is 1. The molecule has 0 spiro atoms. The second kappa shape index (κ2) is 6.90. The van der Waals surface area contributed by atoms with E-state index in [1.54, 1.807) is 0 Å². The van der Waals surface area contributed by atoms with Crippen molar-refractivity contribution >= 4 is 33.2 Å². The van der Waals surface area contributed by atoms with Crippen molar-refractivity contribution in [1.29, 1.82) is 0 Å². The van der Waals surface area contributed by atoms with Crippen molar-refractivity contribution in [3.8, 4) is 0 Å². The third-order valence-electron chi connectivity index (χ3n) is 3.36. The second-order valence-corrected chi connectivity index (χ2v) is 6.71. The topological polar surface area (TPSA) is 29.1 Å². The maximum atomic E-state index is 12.4. The number of hydrogen-bond acceptors (Lipinski definition) is 2. The summed E-state index contributed by atoms with van der Waals surface area (Å²) in [5.41, 5.74) is 2.12. The number of hydrogen-bond donors (Lipinski definition) is 1. The van der Waals surface area contributed by atoms with Gasteiger partial charge in [0, 0.05) is 4.47 Å². The van der Waals surface area contributed by atoms with Crippen LogP contribution in [-0.2, 0) is 0 Å². The van der Waals surface area contributed by atoms with E-state index in [-0.39, 0.29) is 11.9 Å². The SMILES string of the molecule is O=C(N[C@H](c1ccccc1)c1ccc(Br)cc1)c1cccs1. The van der Waals surface area contributed by atoms with Gasteiger partial charge in [-0.25, -0.2) is 0 Å². The van der Waals surface area contributed by atoms with Crippen molar-refractivity contribution in [2.45, 2.75) is 6.04 Å². The van der Waals surface area contributed by atoms with Crippen LogP contribution in [0.1, 0.15) is 26.8 Å². The fraction of sp³-hybridized carbons (Fsp3) is 0.0556. The average molecular weight is 372 g/mol. The minimum Gasteiger partial charge on any atom is -0.340 e. The maximum Gasteiger partial charge on any atom is 0.262 e. The minimum absolute atomic E-state index is 0.0493. The van der Waals surface area contributed by atoms with Crippen LogP contribution in [0.4, 0.5) is 0 Å². The standard InChI is InChI=1S/C18H14BrNOS/c19-15-10-8-14(9-11-15)17(13-5-2-1-3-6-13)20-18(21)16-7-4-12-22-16/h1-12,17H,(H,20,21)/t17-/m1/s1. The fourth-order valence-electron chi connectivity index (χ4n) is 2.27. The summed E-state index contributed by atoms with van der Waals surface area (Å²) in [6.45, 7) is 0. The van der Waals surface area contributed by atoms with E-state index in [0.717, 1.165) is 20.5 Å². The molecule has 3 rings (SSSR count). The van der Waals surface area contributed by atoms with Crippen LogP contribution >= 0.6 is 27.3 Å². The molecule has 0 aliphatic rings. The molecule has 3 aromatic rings. The molecule has 1 amide bonds. The summed E-state index contributed by atoms with van der Waals surface area (Å²) in [4.78, 5) is 13.1. The van der Waals surface area contributed by atoms with Crippen LogP contribution in [0.25, 0.3) is 0 Å². The Balaban J connectivity index is 1.93. The molecule has 1 heterocycles. The second-order valence-electron chi connectivity index (χ2n) is 4.85. The van der Waals surface area contributed by atoms with Crippen LogP contribution in [0.5, 0.6) is 0 Å². The van der Waals surface area contributed by atoms with Crippen LogP contribution in [0.2, 0.25) is 0 Å². The van der Waals surface area contributed by atoms with Gasteiger partial charge in [0.2, 0.25) is 0 Å². The summed E-state index contributed by atoms with van der Waals surface area (Å²) < 4.78 is 1.02. The van der Waals surface area contributed by atoms with Gasteiger partial charge in [0.1, 0.15) is 0 Å². The molecule has 0 radical (unpaired) electrons. The van der Waals surface area contributed by atoms with Gasteiger partial charge < -0.3 is 5.32 Å². The Morgan fingerprint density at radius 2 is 1.59 bits per heavy atom. The van der Waals surface area contributed by atoms with Gasteiger partial charge in [-0.3, -0.25) is 4.79 Å². The van der Waals surface area contributed by atoms with Crippen molar-refractivity contribution in [2.75, 3.05) is 0 Å². The third kappa shape index (κ3) is 3.46. The molecule has 2 nitrogen and oxygen atoms in total. The van der Waals surface area contributed by atoms with E-state index in [4.69, 9.17) is 0 Å². The van der Waals surface area contributed by atoms with Gasteiger partial charge in [0.25, 0.3) is 5.91 Å². The fourth-order valence-corrected chi connectivity index (χ4v) is 3.16. The van der Waals surface area contributed by atoms with Crippen molar-refractivity contribution in [3.05, 3.63) is 92.6 Å². The monoisotopic (exact) mass is 371 g/mol. The van der Waals surface area contributed by atoms with Gasteiger partial charge in [-0.2, -0.15) is 0 Å². The zero-order valence-electron chi connectivity index (χ0n) is 11.7. The Bertz CT molecular complexity index is 739. The van der Waals surface area contributed by atoms with Crippen LogP contribution in [0, 0.1) is 0 Å². The zero-order valence-corrected chi connectivity index (χ0v) is 14.1. The van der Waals surface area contributed by atoms with E-state index in [1.807, 2.05) is 72.1 Å². The Hall–Kier alpha value is -1.91. The summed E-state index contributed by atoms with van der Waals surface area (Å²) in [7, 11) is 0. The summed E-state index contributed by atoms with van der Waals surface area (Å²) in [5.74, 6) is -0.0493. The van der Waals surface area contributed by atoms with Gasteiger partial charge in [-0.05, 0) is 34.7 Å². The number of carbonyl (C=O) groups excluding carboxylic acids is 1. The van der Waals surface area contributed by atoms with Crippen LogP contribution in [0.15, 0.2) is 76.6 Å². The van der Waals surface area contributed by atoms with E-state index in [1.165, 1.54) is 11.3 Å². The highest BCUT2D eigenvalue weighted by molar-refractivity contribution is 9.10. The summed E-state index contributed by atoms with van der Waals surface area (Å²) in [5, 5.41) is 5.04.